The molecule has 3 rings (SSSR count). The fourth-order valence-corrected chi connectivity index (χ4v) is 2.90. The highest BCUT2D eigenvalue weighted by molar-refractivity contribution is 6.03. The van der Waals surface area contributed by atoms with Crippen LogP contribution in [0.15, 0.2) is 48.5 Å². The van der Waals surface area contributed by atoms with Gasteiger partial charge in [-0.15, -0.1) is 0 Å². The smallest absolute Gasteiger partial charge is 0.387 e. The van der Waals surface area contributed by atoms with Crippen molar-refractivity contribution in [2.45, 2.75) is 13.0 Å². The first-order chi connectivity index (χ1) is 13.0. The van der Waals surface area contributed by atoms with Gasteiger partial charge in [-0.1, -0.05) is 12.1 Å². The number of amides is 2. The van der Waals surface area contributed by atoms with Crippen molar-refractivity contribution in [3.63, 3.8) is 0 Å². The molecule has 1 saturated heterocycles. The number of rotatable bonds is 6. The number of anilines is 2. The summed E-state index contributed by atoms with van der Waals surface area (Å²) in [7, 11) is 1.55. The third-order valence-corrected chi connectivity index (χ3v) is 4.24. The molecule has 1 fully saturated rings. The summed E-state index contributed by atoms with van der Waals surface area (Å²) in [5.74, 6) is -0.672. The molecule has 1 aliphatic rings. The maximum Gasteiger partial charge on any atom is 0.387 e. The van der Waals surface area contributed by atoms with Crippen molar-refractivity contribution in [2.75, 3.05) is 23.9 Å². The van der Waals surface area contributed by atoms with E-state index in [0.717, 1.165) is 0 Å². The van der Waals surface area contributed by atoms with Crippen molar-refractivity contribution in [3.05, 3.63) is 48.5 Å². The van der Waals surface area contributed by atoms with Gasteiger partial charge in [0.1, 0.15) is 11.5 Å². The van der Waals surface area contributed by atoms with Crippen molar-refractivity contribution in [1.82, 2.24) is 0 Å². The molecule has 1 aliphatic heterocycles. The minimum atomic E-state index is -3.00. The molecule has 6 nitrogen and oxygen atoms in total. The molecule has 2 aromatic rings. The van der Waals surface area contributed by atoms with Gasteiger partial charge in [0, 0.05) is 18.7 Å². The first kappa shape index (κ1) is 18.6. The second kappa shape index (κ2) is 8.03. The molecule has 1 heterocycles. The Balaban J connectivity index is 1.69. The van der Waals surface area contributed by atoms with E-state index in [1.807, 2.05) is 0 Å². The third kappa shape index (κ3) is 4.33. The lowest BCUT2D eigenvalue weighted by Crippen LogP contribution is -2.28. The number of hydrogen-bond acceptors (Lipinski definition) is 4. The van der Waals surface area contributed by atoms with Crippen molar-refractivity contribution in [2.24, 2.45) is 5.92 Å². The number of benzene rings is 2. The predicted octanol–water partition coefficient (Wildman–Crippen LogP) is 3.29. The van der Waals surface area contributed by atoms with Crippen LogP contribution in [0.2, 0.25) is 0 Å². The highest BCUT2D eigenvalue weighted by Gasteiger charge is 2.35. The molecule has 27 heavy (non-hydrogen) atoms. The summed E-state index contributed by atoms with van der Waals surface area (Å²) in [6.45, 7) is -2.80. The normalized spacial score (nSPS) is 16.5. The van der Waals surface area contributed by atoms with E-state index in [9.17, 15) is 18.4 Å². The Morgan fingerprint density at radius 2 is 1.89 bits per heavy atom. The van der Waals surface area contributed by atoms with Crippen LogP contribution in [0.5, 0.6) is 11.5 Å². The minimum absolute atomic E-state index is 0.0374. The van der Waals surface area contributed by atoms with Crippen LogP contribution in [0.1, 0.15) is 6.42 Å². The quantitative estimate of drug-likeness (QED) is 0.840. The molecule has 8 heteroatoms. The molecular weight excluding hydrogens is 358 g/mol. The van der Waals surface area contributed by atoms with Crippen LogP contribution in [0.3, 0.4) is 0 Å². The zero-order chi connectivity index (χ0) is 19.4. The second-order valence-corrected chi connectivity index (χ2v) is 5.97. The van der Waals surface area contributed by atoms with Gasteiger partial charge in [-0.2, -0.15) is 8.78 Å². The van der Waals surface area contributed by atoms with E-state index in [0.29, 0.717) is 11.4 Å². The van der Waals surface area contributed by atoms with E-state index in [1.165, 1.54) is 23.1 Å². The van der Waals surface area contributed by atoms with Crippen LogP contribution in [0.4, 0.5) is 20.2 Å². The lowest BCUT2D eigenvalue weighted by molar-refractivity contribution is -0.122. The molecule has 0 saturated carbocycles. The van der Waals surface area contributed by atoms with E-state index in [-0.39, 0.29) is 30.3 Å². The van der Waals surface area contributed by atoms with Gasteiger partial charge in [0.05, 0.1) is 18.7 Å². The Hall–Kier alpha value is -3.16. The minimum Gasteiger partial charge on any atom is -0.497 e. The van der Waals surface area contributed by atoms with Gasteiger partial charge in [-0.25, -0.2) is 0 Å². The molecule has 1 atom stereocenters. The van der Waals surface area contributed by atoms with Crippen LogP contribution >= 0.6 is 0 Å². The molecule has 142 valence electrons. The van der Waals surface area contributed by atoms with E-state index in [2.05, 4.69) is 10.1 Å². The number of hydrogen-bond donors (Lipinski definition) is 1. The van der Waals surface area contributed by atoms with Crippen molar-refractivity contribution in [3.8, 4) is 11.5 Å². The number of carbonyl (C=O) groups excluding carboxylic acids is 2. The molecule has 2 amide bonds. The summed E-state index contributed by atoms with van der Waals surface area (Å²) in [5.41, 5.74) is 0.802. The van der Waals surface area contributed by atoms with Crippen LogP contribution in [-0.4, -0.2) is 32.1 Å². The van der Waals surface area contributed by atoms with E-state index >= 15 is 0 Å². The summed E-state index contributed by atoms with van der Waals surface area (Å²) in [4.78, 5) is 26.3. The van der Waals surface area contributed by atoms with Gasteiger partial charge in [0.25, 0.3) is 0 Å². The Labute approximate surface area is 154 Å². The van der Waals surface area contributed by atoms with Crippen LogP contribution < -0.4 is 19.7 Å². The summed E-state index contributed by atoms with van der Waals surface area (Å²) < 4.78 is 34.5. The zero-order valence-electron chi connectivity index (χ0n) is 14.5. The first-order valence-electron chi connectivity index (χ1n) is 8.27. The fraction of sp³-hybridized carbons (Fsp3) is 0.263. The van der Waals surface area contributed by atoms with Gasteiger partial charge in [0.15, 0.2) is 0 Å². The Morgan fingerprint density at radius 3 is 2.56 bits per heavy atom. The van der Waals surface area contributed by atoms with Crippen molar-refractivity contribution < 1.29 is 27.8 Å². The van der Waals surface area contributed by atoms with Gasteiger partial charge in [-0.05, 0) is 36.4 Å². The molecule has 1 N–H and O–H groups in total. The summed E-state index contributed by atoms with van der Waals surface area (Å²) in [5, 5.41) is 2.57. The van der Waals surface area contributed by atoms with Gasteiger partial charge in [0.2, 0.25) is 11.8 Å². The number of alkyl halides is 2. The fourth-order valence-electron chi connectivity index (χ4n) is 2.90. The summed E-state index contributed by atoms with van der Waals surface area (Å²) in [6, 6.07) is 12.9. The average molecular weight is 376 g/mol. The first-order valence-corrected chi connectivity index (χ1v) is 8.27. The SMILES string of the molecule is COc1ccc(N2CC(C(=O)Nc3ccccc3OC(F)F)CC2=O)cc1. The molecule has 0 bridgehead atoms. The summed E-state index contributed by atoms with van der Waals surface area (Å²) >= 11 is 0. The number of ether oxygens (including phenoxy) is 2. The average Bonchev–Trinajstić information content (AvgIpc) is 3.05. The molecule has 0 spiro atoms. The maximum atomic E-state index is 12.5. The Bertz CT molecular complexity index is 827. The van der Waals surface area contributed by atoms with Crippen LogP contribution in [0, 0.1) is 5.92 Å². The number of carbonyl (C=O) groups is 2. The molecular formula is C19H18F2N2O4. The number of nitrogens with one attached hydrogen (secondary N) is 1. The van der Waals surface area contributed by atoms with E-state index in [1.54, 1.807) is 37.4 Å². The highest BCUT2D eigenvalue weighted by atomic mass is 19.3. The lowest BCUT2D eigenvalue weighted by atomic mass is 10.1. The molecule has 0 radical (unpaired) electrons. The van der Waals surface area contributed by atoms with Crippen molar-refractivity contribution in [1.29, 1.82) is 0 Å². The largest absolute Gasteiger partial charge is 0.497 e. The number of para-hydroxylation sites is 2. The standard InChI is InChI=1S/C19H18F2N2O4/c1-26-14-8-6-13(7-9-14)23-11-12(10-17(23)24)18(25)22-15-4-2-3-5-16(15)27-19(20)21/h2-9,12,19H,10-11H2,1H3,(H,22,25). The van der Waals surface area contributed by atoms with Gasteiger partial charge < -0.3 is 19.7 Å². The number of nitrogens with zero attached hydrogens (tertiary/aromatic N) is 1. The molecule has 0 aliphatic carbocycles. The van der Waals surface area contributed by atoms with Crippen LogP contribution in [-0.2, 0) is 9.59 Å². The Kier molecular flexibility index (Phi) is 5.54. The molecule has 2 aromatic carbocycles. The predicted molar refractivity (Wildman–Crippen MR) is 95.2 cm³/mol. The van der Waals surface area contributed by atoms with Crippen molar-refractivity contribution >= 4 is 23.2 Å². The lowest BCUT2D eigenvalue weighted by Gasteiger charge is -2.17. The monoisotopic (exact) mass is 376 g/mol. The number of methoxy groups -OCH3 is 1. The third-order valence-electron chi connectivity index (χ3n) is 4.24. The van der Waals surface area contributed by atoms with Gasteiger partial charge in [-0.3, -0.25) is 9.59 Å². The van der Waals surface area contributed by atoms with E-state index < -0.39 is 18.4 Å². The van der Waals surface area contributed by atoms with Crippen LogP contribution in [0.25, 0.3) is 0 Å². The molecule has 1 unspecified atom stereocenters. The zero-order valence-corrected chi connectivity index (χ0v) is 14.5. The number of halogens is 2. The molecule has 0 aromatic heterocycles. The second-order valence-electron chi connectivity index (χ2n) is 5.97. The maximum absolute atomic E-state index is 12.5. The summed E-state index contributed by atoms with van der Waals surface area (Å²) in [6.07, 6.45) is 0.0374. The topological polar surface area (TPSA) is 67.9 Å². The highest BCUT2D eigenvalue weighted by Crippen LogP contribution is 2.30. The van der Waals surface area contributed by atoms with Gasteiger partial charge >= 0.3 is 6.61 Å². The Morgan fingerprint density at radius 1 is 1.19 bits per heavy atom. The van der Waals surface area contributed by atoms with E-state index in [4.69, 9.17) is 4.74 Å².